The third-order valence-corrected chi connectivity index (χ3v) is 6.73. The Labute approximate surface area is 187 Å². The molecule has 2 amide bonds. The topological polar surface area (TPSA) is 105 Å². The van der Waals surface area contributed by atoms with E-state index < -0.39 is 10.0 Å². The van der Waals surface area contributed by atoms with Crippen molar-refractivity contribution in [2.24, 2.45) is 0 Å². The summed E-state index contributed by atoms with van der Waals surface area (Å²) in [5, 5.41) is 2.75. The summed E-state index contributed by atoms with van der Waals surface area (Å²) in [6.45, 7) is 2.15. The van der Waals surface area contributed by atoms with Gasteiger partial charge >= 0.3 is 0 Å². The second-order valence-corrected chi connectivity index (χ2v) is 9.49. The number of carbonyl (C=O) groups excluding carboxylic acids is 2. The van der Waals surface area contributed by atoms with Gasteiger partial charge in [0.1, 0.15) is 0 Å². The maximum atomic E-state index is 12.6. The fourth-order valence-corrected chi connectivity index (χ4v) is 4.59. The van der Waals surface area contributed by atoms with Crippen LogP contribution in [0.5, 0.6) is 0 Å². The molecular formula is C23H25N3O5S. The van der Waals surface area contributed by atoms with Crippen molar-refractivity contribution in [2.45, 2.75) is 23.8 Å². The van der Waals surface area contributed by atoms with Gasteiger partial charge in [0.2, 0.25) is 15.9 Å². The number of hydrogen-bond acceptors (Lipinski definition) is 5. The Morgan fingerprint density at radius 2 is 1.75 bits per heavy atom. The molecule has 0 bridgehead atoms. The zero-order chi connectivity index (χ0) is 22.6. The van der Waals surface area contributed by atoms with Crippen LogP contribution in [0, 0.1) is 0 Å². The molecule has 0 unspecified atom stereocenters. The van der Waals surface area contributed by atoms with Crippen LogP contribution < -0.4 is 10.0 Å². The number of morpholine rings is 1. The smallest absolute Gasteiger partial charge is 0.254 e. The summed E-state index contributed by atoms with van der Waals surface area (Å²) in [4.78, 5) is 26.8. The highest BCUT2D eigenvalue weighted by molar-refractivity contribution is 7.89. The summed E-state index contributed by atoms with van der Waals surface area (Å²) < 4.78 is 32.3. The molecule has 1 heterocycles. The molecule has 2 N–H and O–H groups in total. The number of carbonyl (C=O) groups is 2. The van der Waals surface area contributed by atoms with E-state index in [-0.39, 0.29) is 22.8 Å². The fraction of sp³-hybridized carbons (Fsp3) is 0.304. The van der Waals surface area contributed by atoms with Crippen molar-refractivity contribution in [3.8, 4) is 0 Å². The summed E-state index contributed by atoms with van der Waals surface area (Å²) >= 11 is 0. The Kier molecular flexibility index (Phi) is 6.69. The fourth-order valence-electron chi connectivity index (χ4n) is 3.28. The molecule has 1 aliphatic heterocycles. The van der Waals surface area contributed by atoms with Crippen LogP contribution in [0.4, 0.5) is 5.69 Å². The van der Waals surface area contributed by atoms with Gasteiger partial charge < -0.3 is 15.0 Å². The first kappa shape index (κ1) is 22.2. The van der Waals surface area contributed by atoms with Crippen molar-refractivity contribution in [3.63, 3.8) is 0 Å². The van der Waals surface area contributed by atoms with Gasteiger partial charge in [-0.25, -0.2) is 13.1 Å². The van der Waals surface area contributed by atoms with Gasteiger partial charge in [-0.05, 0) is 54.8 Å². The van der Waals surface area contributed by atoms with E-state index in [4.69, 9.17) is 4.74 Å². The molecule has 0 spiro atoms. The molecule has 1 saturated carbocycles. The Morgan fingerprint density at radius 3 is 2.44 bits per heavy atom. The predicted octanol–water partition coefficient (Wildman–Crippen LogP) is 2.25. The molecule has 2 aromatic rings. The number of benzene rings is 2. The van der Waals surface area contributed by atoms with Crippen LogP contribution in [0.25, 0.3) is 6.08 Å². The standard InChI is InChI=1S/C23H25N3O5S/c27-22(11-6-17-4-9-21(10-5-17)32(29,30)25-19-7-8-19)24-20-3-1-2-18(16-20)23(28)26-12-14-31-15-13-26/h1-6,9-11,16,19,25H,7-8,12-15H2,(H,24,27)/b11-6+. The molecule has 32 heavy (non-hydrogen) atoms. The van der Waals surface area contributed by atoms with E-state index in [2.05, 4.69) is 10.0 Å². The van der Waals surface area contributed by atoms with Gasteiger partial charge in [-0.3, -0.25) is 9.59 Å². The molecule has 2 aliphatic rings. The molecule has 168 valence electrons. The number of nitrogens with zero attached hydrogens (tertiary/aromatic N) is 1. The minimum atomic E-state index is -3.50. The molecule has 8 nitrogen and oxygen atoms in total. The first-order chi connectivity index (χ1) is 15.4. The Bertz CT molecular complexity index is 1120. The van der Waals surface area contributed by atoms with Crippen LogP contribution in [0.3, 0.4) is 0 Å². The van der Waals surface area contributed by atoms with E-state index >= 15 is 0 Å². The van der Waals surface area contributed by atoms with Gasteiger partial charge in [0.05, 0.1) is 18.1 Å². The SMILES string of the molecule is O=C(/C=C/c1ccc(S(=O)(=O)NC2CC2)cc1)Nc1cccc(C(=O)N2CCOCC2)c1. The van der Waals surface area contributed by atoms with E-state index in [1.54, 1.807) is 47.4 Å². The largest absolute Gasteiger partial charge is 0.378 e. The summed E-state index contributed by atoms with van der Waals surface area (Å²) in [7, 11) is -3.50. The van der Waals surface area contributed by atoms with Crippen LogP contribution in [0.15, 0.2) is 59.5 Å². The lowest BCUT2D eigenvalue weighted by Crippen LogP contribution is -2.40. The summed E-state index contributed by atoms with van der Waals surface area (Å²) in [5.41, 5.74) is 1.72. The third-order valence-electron chi connectivity index (χ3n) is 5.19. The number of amides is 2. The van der Waals surface area contributed by atoms with Crippen molar-refractivity contribution >= 4 is 33.6 Å². The highest BCUT2D eigenvalue weighted by atomic mass is 32.2. The average Bonchev–Trinajstić information content (AvgIpc) is 3.61. The first-order valence-corrected chi connectivity index (χ1v) is 12.0. The van der Waals surface area contributed by atoms with E-state index in [1.807, 2.05) is 0 Å². The second-order valence-electron chi connectivity index (χ2n) is 7.77. The minimum absolute atomic E-state index is 0.0472. The van der Waals surface area contributed by atoms with Gasteiger partial charge in [0.25, 0.3) is 5.91 Å². The highest BCUT2D eigenvalue weighted by Crippen LogP contribution is 2.22. The van der Waals surface area contributed by atoms with Gasteiger partial charge in [0, 0.05) is 36.5 Å². The molecule has 1 saturated heterocycles. The maximum absolute atomic E-state index is 12.6. The Hall–Kier alpha value is -3.01. The van der Waals surface area contributed by atoms with E-state index in [0.29, 0.717) is 43.1 Å². The van der Waals surface area contributed by atoms with Crippen molar-refractivity contribution in [1.82, 2.24) is 9.62 Å². The molecule has 0 radical (unpaired) electrons. The number of anilines is 1. The molecule has 2 aromatic carbocycles. The molecule has 4 rings (SSSR count). The van der Waals surface area contributed by atoms with Crippen LogP contribution in [-0.4, -0.2) is 57.5 Å². The van der Waals surface area contributed by atoms with Crippen LogP contribution in [-0.2, 0) is 19.6 Å². The normalized spacial score (nSPS) is 16.8. The van der Waals surface area contributed by atoms with Gasteiger partial charge in [-0.1, -0.05) is 18.2 Å². The highest BCUT2D eigenvalue weighted by Gasteiger charge is 2.27. The van der Waals surface area contributed by atoms with E-state index in [0.717, 1.165) is 12.8 Å². The van der Waals surface area contributed by atoms with Crippen molar-refractivity contribution < 1.29 is 22.7 Å². The van der Waals surface area contributed by atoms with E-state index in [1.165, 1.54) is 18.2 Å². The van der Waals surface area contributed by atoms with E-state index in [9.17, 15) is 18.0 Å². The lowest BCUT2D eigenvalue weighted by atomic mass is 10.1. The Balaban J connectivity index is 1.35. The third kappa shape index (κ3) is 5.82. The monoisotopic (exact) mass is 455 g/mol. The number of hydrogen-bond donors (Lipinski definition) is 2. The molecule has 0 aromatic heterocycles. The summed E-state index contributed by atoms with van der Waals surface area (Å²) in [6, 6.07) is 13.2. The van der Waals surface area contributed by atoms with Gasteiger partial charge in [-0.2, -0.15) is 0 Å². The van der Waals surface area contributed by atoms with Crippen LogP contribution in [0.2, 0.25) is 0 Å². The zero-order valence-corrected chi connectivity index (χ0v) is 18.3. The minimum Gasteiger partial charge on any atom is -0.378 e. The van der Waals surface area contributed by atoms with Crippen molar-refractivity contribution in [1.29, 1.82) is 0 Å². The zero-order valence-electron chi connectivity index (χ0n) is 17.5. The Morgan fingerprint density at radius 1 is 1.03 bits per heavy atom. The first-order valence-electron chi connectivity index (χ1n) is 10.5. The molecule has 9 heteroatoms. The number of sulfonamides is 1. The van der Waals surface area contributed by atoms with Crippen molar-refractivity contribution in [2.75, 3.05) is 31.6 Å². The maximum Gasteiger partial charge on any atom is 0.254 e. The van der Waals surface area contributed by atoms with Gasteiger partial charge in [-0.15, -0.1) is 0 Å². The number of nitrogens with one attached hydrogen (secondary N) is 2. The lowest BCUT2D eigenvalue weighted by molar-refractivity contribution is -0.111. The molecular weight excluding hydrogens is 430 g/mol. The summed E-state index contributed by atoms with van der Waals surface area (Å²) in [6.07, 6.45) is 4.71. The van der Waals surface area contributed by atoms with Crippen LogP contribution in [0.1, 0.15) is 28.8 Å². The molecule has 1 aliphatic carbocycles. The predicted molar refractivity (Wildman–Crippen MR) is 121 cm³/mol. The number of ether oxygens (including phenoxy) is 1. The molecule has 0 atom stereocenters. The average molecular weight is 456 g/mol. The quantitative estimate of drug-likeness (QED) is 0.623. The lowest BCUT2D eigenvalue weighted by Gasteiger charge is -2.27. The van der Waals surface area contributed by atoms with Crippen LogP contribution >= 0.6 is 0 Å². The summed E-state index contributed by atoms with van der Waals surface area (Å²) in [5.74, 6) is -0.445. The number of rotatable bonds is 7. The van der Waals surface area contributed by atoms with Gasteiger partial charge in [0.15, 0.2) is 0 Å². The van der Waals surface area contributed by atoms with Crippen molar-refractivity contribution in [3.05, 3.63) is 65.7 Å². The molecule has 2 fully saturated rings. The second kappa shape index (κ2) is 9.64.